The molecule has 0 aliphatic carbocycles. The molecule has 182 valence electrons. The Kier molecular flexibility index (Phi) is 7.58. The molecule has 2 aromatic heterocycles. The second kappa shape index (κ2) is 10.0. The zero-order valence-corrected chi connectivity index (χ0v) is 18.2. The van der Waals surface area contributed by atoms with E-state index in [9.17, 15) is 29.3 Å². The van der Waals surface area contributed by atoms with E-state index < -0.39 is 62.9 Å². The molecule has 2 amide bonds. The quantitative estimate of drug-likeness (QED) is 0.201. The van der Waals surface area contributed by atoms with Crippen LogP contribution in [-0.4, -0.2) is 90.5 Å². The number of aromatic nitrogens is 4. The van der Waals surface area contributed by atoms with Crippen LogP contribution in [0, 0.1) is 0 Å². The number of rotatable bonds is 9. The molecule has 1 fully saturated rings. The van der Waals surface area contributed by atoms with E-state index in [1.54, 1.807) is 6.92 Å². The molecule has 0 aromatic carbocycles. The van der Waals surface area contributed by atoms with Crippen LogP contribution in [0.1, 0.15) is 13.2 Å². The van der Waals surface area contributed by atoms with Crippen LogP contribution in [0.5, 0.6) is 0 Å². The van der Waals surface area contributed by atoms with Crippen molar-refractivity contribution < 1.29 is 43.6 Å². The molecule has 1 aliphatic heterocycles. The molecule has 0 bridgehead atoms. The third-order valence-corrected chi connectivity index (χ3v) is 6.10. The summed E-state index contributed by atoms with van der Waals surface area (Å²) in [5.41, 5.74) is 5.55. The molecule has 16 nitrogen and oxygen atoms in total. The maximum absolute atomic E-state index is 11.9. The van der Waals surface area contributed by atoms with Crippen molar-refractivity contribution in [1.82, 2.24) is 24.8 Å². The monoisotopic (exact) mass is 488 g/mol. The number of carboxylic acid groups (broad SMARTS) is 1. The van der Waals surface area contributed by atoms with E-state index in [0.29, 0.717) is 6.54 Å². The van der Waals surface area contributed by atoms with Crippen molar-refractivity contribution in [2.75, 3.05) is 24.6 Å². The summed E-state index contributed by atoms with van der Waals surface area (Å²) < 4.78 is 23.5. The first kappa shape index (κ1) is 24.9. The van der Waals surface area contributed by atoms with Gasteiger partial charge in [-0.3, -0.25) is 14.7 Å². The number of aliphatic hydroxyl groups is 2. The number of ether oxygens (including phenoxy) is 1. The van der Waals surface area contributed by atoms with Crippen molar-refractivity contribution in [2.24, 2.45) is 5.73 Å². The average molecular weight is 488 g/mol. The molecule has 17 heteroatoms. The number of anilines is 1. The number of aliphatic carboxylic acids is 1. The minimum atomic E-state index is -4.66. The van der Waals surface area contributed by atoms with Gasteiger partial charge in [0.05, 0.1) is 12.9 Å². The number of carbonyl (C=O) groups excluding carboxylic acids is 1. The van der Waals surface area contributed by atoms with Crippen molar-refractivity contribution in [1.29, 1.82) is 0 Å². The Labute approximate surface area is 186 Å². The second-order valence-electron chi connectivity index (χ2n) is 7.11. The fraction of sp³-hybridized carbons (Fsp3) is 0.562. The number of nitrogens with zero attached hydrogens (tertiary/aromatic N) is 4. The zero-order chi connectivity index (χ0) is 24.3. The normalized spacial score (nSPS) is 25.5. The van der Waals surface area contributed by atoms with Crippen molar-refractivity contribution >= 4 is 36.6 Å². The number of fused-ring (bicyclic) bond motifs is 1. The van der Waals surface area contributed by atoms with Gasteiger partial charge in [-0.2, -0.15) is 0 Å². The van der Waals surface area contributed by atoms with Gasteiger partial charge < -0.3 is 45.1 Å². The molecule has 7 N–H and O–H groups in total. The van der Waals surface area contributed by atoms with E-state index in [4.69, 9.17) is 20.1 Å². The maximum atomic E-state index is 11.9. The van der Waals surface area contributed by atoms with Crippen LogP contribution >= 0.6 is 7.60 Å². The van der Waals surface area contributed by atoms with E-state index in [1.165, 1.54) is 10.9 Å². The van der Waals surface area contributed by atoms with Gasteiger partial charge in [0.15, 0.2) is 23.2 Å². The summed E-state index contributed by atoms with van der Waals surface area (Å²) in [5, 5.41) is 34.5. The summed E-state index contributed by atoms with van der Waals surface area (Å²) in [7, 11) is -4.66. The minimum absolute atomic E-state index is 0.0969. The van der Waals surface area contributed by atoms with Gasteiger partial charge in [-0.25, -0.2) is 19.7 Å². The Hall–Kier alpha value is -2.72. The largest absolute Gasteiger partial charge is 0.778 e. The van der Waals surface area contributed by atoms with Gasteiger partial charge in [0.1, 0.15) is 38.3 Å². The molecule has 0 radical (unpaired) electrons. The van der Waals surface area contributed by atoms with Gasteiger partial charge in [-0.15, -0.1) is 0 Å². The number of carbonyl (C=O) groups is 2. The first-order valence-electron chi connectivity index (χ1n) is 9.71. The van der Waals surface area contributed by atoms with Crippen molar-refractivity contribution in [3.8, 4) is 0 Å². The Morgan fingerprint density at radius 2 is 2.09 bits per heavy atom. The summed E-state index contributed by atoms with van der Waals surface area (Å²) in [5.74, 6) is -1.42. The Balaban J connectivity index is 1.74. The lowest BCUT2D eigenvalue weighted by molar-refractivity contribution is -0.202. The van der Waals surface area contributed by atoms with Gasteiger partial charge >= 0.3 is 12.0 Å². The number of aliphatic hydroxyl groups excluding tert-OH is 2. The van der Waals surface area contributed by atoms with E-state index in [-0.39, 0.29) is 17.0 Å². The topological polar surface area (TPSA) is 247 Å². The van der Waals surface area contributed by atoms with E-state index >= 15 is 0 Å². The van der Waals surface area contributed by atoms with Gasteiger partial charge in [-0.05, 0) is 6.92 Å². The second-order valence-corrected chi connectivity index (χ2v) is 8.96. The molecule has 0 spiro atoms. The smallest absolute Gasteiger partial charge is 0.320 e. The SMILES string of the molecule is CCNC(=O)Nc1ncnc2c1ncn2[C@@H]1O[C@H](COP(=O)([O-])CC(N)C(=O)O)C(O)[C@@H]1O. The average Bonchev–Trinajstić information content (AvgIpc) is 3.28. The number of nitrogens with two attached hydrogens (primary N) is 1. The molecule has 6 atom stereocenters. The van der Waals surface area contributed by atoms with Gasteiger partial charge in [-0.1, -0.05) is 0 Å². The summed E-state index contributed by atoms with van der Waals surface area (Å²) >= 11 is 0. The number of imidazole rings is 1. The van der Waals surface area contributed by atoms with Crippen LogP contribution in [0.4, 0.5) is 10.6 Å². The highest BCUT2D eigenvalue weighted by Gasteiger charge is 2.45. The molecule has 1 aliphatic rings. The third kappa shape index (κ3) is 5.62. The molecule has 1 saturated heterocycles. The number of nitrogens with one attached hydrogen (secondary N) is 2. The molecule has 33 heavy (non-hydrogen) atoms. The van der Waals surface area contributed by atoms with Crippen LogP contribution in [-0.2, 0) is 18.6 Å². The molecular weight excluding hydrogens is 465 g/mol. The van der Waals surface area contributed by atoms with Crippen molar-refractivity contribution in [2.45, 2.75) is 37.5 Å². The van der Waals surface area contributed by atoms with E-state index in [2.05, 4.69) is 25.6 Å². The first-order valence-corrected chi connectivity index (χ1v) is 11.4. The Morgan fingerprint density at radius 1 is 1.36 bits per heavy atom. The van der Waals surface area contributed by atoms with Gasteiger partial charge in [0.2, 0.25) is 0 Å². The van der Waals surface area contributed by atoms with Crippen LogP contribution in [0.3, 0.4) is 0 Å². The van der Waals surface area contributed by atoms with Crippen LogP contribution in [0.15, 0.2) is 12.7 Å². The van der Waals surface area contributed by atoms with Gasteiger partial charge in [0.25, 0.3) is 0 Å². The fourth-order valence-corrected chi connectivity index (χ4v) is 4.21. The number of urea groups is 1. The summed E-state index contributed by atoms with van der Waals surface area (Å²) in [6.07, 6.45) is -4.12. The highest BCUT2D eigenvalue weighted by atomic mass is 31.2. The summed E-state index contributed by atoms with van der Waals surface area (Å²) in [4.78, 5) is 46.6. The molecule has 3 rings (SSSR count). The summed E-state index contributed by atoms with van der Waals surface area (Å²) in [6, 6.07) is -2.19. The van der Waals surface area contributed by atoms with Gasteiger partial charge in [0, 0.05) is 12.7 Å². The third-order valence-electron chi connectivity index (χ3n) is 4.71. The lowest BCUT2D eigenvalue weighted by atomic mass is 10.1. The first-order chi connectivity index (χ1) is 15.5. The molecule has 2 aromatic rings. The number of hydrogen-bond donors (Lipinski definition) is 6. The highest BCUT2D eigenvalue weighted by Crippen LogP contribution is 2.40. The Bertz CT molecular complexity index is 1070. The lowest BCUT2D eigenvalue weighted by Gasteiger charge is -2.26. The number of amides is 2. The predicted octanol–water partition coefficient (Wildman–Crippen LogP) is -2.43. The number of hydrogen-bond acceptors (Lipinski definition) is 12. The molecule has 3 unspecified atom stereocenters. The molecular formula is C16H23N7O9P-. The molecule has 3 heterocycles. The lowest BCUT2D eigenvalue weighted by Crippen LogP contribution is -2.37. The fourth-order valence-electron chi connectivity index (χ4n) is 3.10. The number of carboxylic acids is 1. The standard InChI is InChI=1S/C16H24N7O9P/c1-2-18-16(28)22-12-9-13(20-5-19-12)23(6-21-9)14-11(25)10(24)8(32-14)3-31-33(29,30)4-7(17)15(26)27/h5-8,10-11,14,24-25H,2-4,17H2,1H3,(H,26,27)(H,29,30)(H2,18,19,20,22,28)/p-1/t7?,8-,10?,11+,14-/m1/s1. The Morgan fingerprint density at radius 3 is 2.76 bits per heavy atom. The minimum Gasteiger partial charge on any atom is -0.778 e. The maximum Gasteiger partial charge on any atom is 0.320 e. The van der Waals surface area contributed by atoms with Crippen LogP contribution in [0.25, 0.3) is 11.2 Å². The zero-order valence-electron chi connectivity index (χ0n) is 17.3. The predicted molar refractivity (Wildman–Crippen MR) is 108 cm³/mol. The van der Waals surface area contributed by atoms with Crippen molar-refractivity contribution in [3.05, 3.63) is 12.7 Å². The van der Waals surface area contributed by atoms with Crippen molar-refractivity contribution in [3.63, 3.8) is 0 Å². The highest BCUT2D eigenvalue weighted by molar-refractivity contribution is 7.51. The summed E-state index contributed by atoms with van der Waals surface area (Å²) in [6.45, 7) is 1.43. The molecule has 0 saturated carbocycles. The van der Waals surface area contributed by atoms with Crippen LogP contribution in [0.2, 0.25) is 0 Å². The van der Waals surface area contributed by atoms with E-state index in [0.717, 1.165) is 6.33 Å². The van der Waals surface area contributed by atoms with E-state index in [1.807, 2.05) is 0 Å². The van der Waals surface area contributed by atoms with Crippen LogP contribution < -0.4 is 21.3 Å².